The van der Waals surface area contributed by atoms with Crippen LogP contribution < -0.4 is 4.90 Å². The molecule has 2 heterocycles. The van der Waals surface area contributed by atoms with Gasteiger partial charge in [0.2, 0.25) is 15.9 Å². The molecule has 4 rings (SSSR count). The summed E-state index contributed by atoms with van der Waals surface area (Å²) in [5.41, 5.74) is 0.601. The Labute approximate surface area is 143 Å². The Kier molecular flexibility index (Phi) is 3.71. The van der Waals surface area contributed by atoms with Crippen molar-refractivity contribution >= 4 is 21.6 Å². The van der Waals surface area contributed by atoms with Gasteiger partial charge in [-0.15, -0.1) is 0 Å². The van der Waals surface area contributed by atoms with E-state index in [1.165, 1.54) is 0 Å². The number of rotatable bonds is 3. The highest BCUT2D eigenvalue weighted by atomic mass is 32.2. The highest BCUT2D eigenvalue weighted by Gasteiger charge is 2.52. The minimum atomic E-state index is -3.16. The number of nitrogens with zero attached hydrogens (tertiary/aromatic N) is 3. The lowest BCUT2D eigenvalue weighted by molar-refractivity contribution is -0.123. The Hall–Kier alpha value is -1.44. The molecule has 1 spiro atoms. The van der Waals surface area contributed by atoms with Gasteiger partial charge in [0.05, 0.1) is 17.3 Å². The maximum absolute atomic E-state index is 12.6. The van der Waals surface area contributed by atoms with Gasteiger partial charge in [0, 0.05) is 25.3 Å². The molecule has 0 N–H and O–H groups in total. The summed E-state index contributed by atoms with van der Waals surface area (Å²) in [6, 6.07) is 9.65. The lowest BCUT2D eigenvalue weighted by atomic mass is 9.92. The Bertz CT molecular complexity index is 748. The van der Waals surface area contributed by atoms with Crippen LogP contribution in [0.5, 0.6) is 0 Å². The van der Waals surface area contributed by atoms with Gasteiger partial charge >= 0.3 is 0 Å². The minimum absolute atomic E-state index is 0.0674. The molecule has 1 aliphatic carbocycles. The number of benzene rings is 1. The van der Waals surface area contributed by atoms with E-state index < -0.39 is 10.0 Å². The van der Waals surface area contributed by atoms with Gasteiger partial charge in [-0.05, 0) is 38.4 Å². The number of likely N-dealkylation sites (N-methyl/N-ethyl adjacent to an activating group) is 1. The fourth-order valence-corrected chi connectivity index (χ4v) is 5.78. The smallest absolute Gasteiger partial charge is 0.241 e. The summed E-state index contributed by atoms with van der Waals surface area (Å²) in [5, 5.41) is -0.173. The summed E-state index contributed by atoms with van der Waals surface area (Å²) < 4.78 is 26.8. The van der Waals surface area contributed by atoms with Crippen LogP contribution in [-0.4, -0.2) is 67.5 Å². The van der Waals surface area contributed by atoms with E-state index in [4.69, 9.17) is 0 Å². The third-order valence-electron chi connectivity index (χ3n) is 5.61. The summed E-state index contributed by atoms with van der Waals surface area (Å²) in [7, 11) is -1.22. The summed E-state index contributed by atoms with van der Waals surface area (Å²) in [4.78, 5) is 16.4. The number of hydrogen-bond donors (Lipinski definition) is 0. The summed E-state index contributed by atoms with van der Waals surface area (Å²) >= 11 is 0. The zero-order chi connectivity index (χ0) is 16.9. The Morgan fingerprint density at radius 1 is 1.12 bits per heavy atom. The van der Waals surface area contributed by atoms with Crippen LogP contribution in [0, 0.1) is 0 Å². The highest BCUT2D eigenvalue weighted by molar-refractivity contribution is 7.90. The van der Waals surface area contributed by atoms with Gasteiger partial charge in [0.1, 0.15) is 0 Å². The molecule has 1 amide bonds. The molecular weight excluding hydrogens is 326 g/mol. The molecule has 1 atom stereocenters. The van der Waals surface area contributed by atoms with Crippen molar-refractivity contribution in [1.82, 2.24) is 9.21 Å². The van der Waals surface area contributed by atoms with Gasteiger partial charge in [-0.3, -0.25) is 9.69 Å². The molecule has 0 unspecified atom stereocenters. The number of piperazine rings is 1. The topological polar surface area (TPSA) is 60.9 Å². The maximum atomic E-state index is 12.6. The van der Waals surface area contributed by atoms with Crippen molar-refractivity contribution in [3.63, 3.8) is 0 Å². The molecule has 0 bridgehead atoms. The SMILES string of the molecule is CN1CC(=O)N(c2ccccc2)C[C@@]12CCN(S(=O)(=O)C1CC1)C2. The predicted octanol–water partition coefficient (Wildman–Crippen LogP) is 0.902. The monoisotopic (exact) mass is 349 g/mol. The number of hydrogen-bond acceptors (Lipinski definition) is 4. The van der Waals surface area contributed by atoms with Crippen molar-refractivity contribution in [2.45, 2.75) is 30.1 Å². The normalized spacial score (nSPS) is 29.5. The first-order valence-corrected chi connectivity index (χ1v) is 9.98. The van der Waals surface area contributed by atoms with Crippen molar-refractivity contribution in [1.29, 1.82) is 0 Å². The van der Waals surface area contributed by atoms with Crippen molar-refractivity contribution in [3.8, 4) is 0 Å². The highest BCUT2D eigenvalue weighted by Crippen LogP contribution is 2.38. The van der Waals surface area contributed by atoms with Crippen LogP contribution in [0.1, 0.15) is 19.3 Å². The van der Waals surface area contributed by atoms with Crippen LogP contribution in [0.15, 0.2) is 30.3 Å². The van der Waals surface area contributed by atoms with Crippen molar-refractivity contribution in [2.24, 2.45) is 0 Å². The summed E-state index contributed by atoms with van der Waals surface area (Å²) in [5.74, 6) is 0.0674. The van der Waals surface area contributed by atoms with E-state index in [9.17, 15) is 13.2 Å². The Morgan fingerprint density at radius 3 is 2.50 bits per heavy atom. The summed E-state index contributed by atoms with van der Waals surface area (Å²) in [6.45, 7) is 1.91. The number of carbonyl (C=O) groups excluding carboxylic acids is 1. The first kappa shape index (κ1) is 16.1. The van der Waals surface area contributed by atoms with Crippen LogP contribution in [0.4, 0.5) is 5.69 Å². The number of para-hydroxylation sites is 1. The third-order valence-corrected chi connectivity index (χ3v) is 7.95. The van der Waals surface area contributed by atoms with E-state index >= 15 is 0 Å². The van der Waals surface area contributed by atoms with Gasteiger partial charge < -0.3 is 4.90 Å². The van der Waals surface area contributed by atoms with E-state index in [1.54, 1.807) is 4.31 Å². The average Bonchev–Trinajstić information content (AvgIpc) is 3.34. The van der Waals surface area contributed by atoms with Crippen molar-refractivity contribution < 1.29 is 13.2 Å². The average molecular weight is 349 g/mol. The van der Waals surface area contributed by atoms with Gasteiger partial charge in [0.15, 0.2) is 0 Å². The Balaban J connectivity index is 1.59. The molecular formula is C17H23N3O3S. The zero-order valence-corrected chi connectivity index (χ0v) is 14.7. The Morgan fingerprint density at radius 2 is 1.83 bits per heavy atom. The zero-order valence-electron chi connectivity index (χ0n) is 13.9. The molecule has 2 aliphatic heterocycles. The fourth-order valence-electron chi connectivity index (χ4n) is 3.86. The van der Waals surface area contributed by atoms with Crippen molar-refractivity contribution in [2.75, 3.05) is 38.1 Å². The van der Waals surface area contributed by atoms with Gasteiger partial charge in [0.25, 0.3) is 0 Å². The molecule has 130 valence electrons. The molecule has 3 fully saturated rings. The molecule has 24 heavy (non-hydrogen) atoms. The lowest BCUT2D eigenvalue weighted by Crippen LogP contribution is -2.64. The third kappa shape index (κ3) is 2.55. The molecule has 3 aliphatic rings. The second kappa shape index (κ2) is 5.54. The number of anilines is 1. The van der Waals surface area contributed by atoms with E-state index in [1.807, 2.05) is 42.3 Å². The number of carbonyl (C=O) groups is 1. The van der Waals surface area contributed by atoms with Crippen LogP contribution >= 0.6 is 0 Å². The second-order valence-electron chi connectivity index (χ2n) is 7.22. The van der Waals surface area contributed by atoms with Gasteiger partial charge in [-0.1, -0.05) is 18.2 Å². The molecule has 7 heteroatoms. The van der Waals surface area contributed by atoms with Crippen molar-refractivity contribution in [3.05, 3.63) is 30.3 Å². The lowest BCUT2D eigenvalue weighted by Gasteiger charge is -2.46. The standard InChI is InChI=1S/C17H23N3O3S/c1-18-11-16(21)20(14-5-3-2-4-6-14)13-17(18)9-10-19(12-17)24(22,23)15-7-8-15/h2-6,15H,7-13H2,1H3/t17-/m0/s1. The number of amides is 1. The van der Waals surface area contributed by atoms with Gasteiger partial charge in [-0.25, -0.2) is 8.42 Å². The van der Waals surface area contributed by atoms with Crippen LogP contribution in [-0.2, 0) is 14.8 Å². The fraction of sp³-hybridized carbons (Fsp3) is 0.588. The van der Waals surface area contributed by atoms with E-state index in [-0.39, 0.29) is 16.7 Å². The second-order valence-corrected chi connectivity index (χ2v) is 9.44. The van der Waals surface area contributed by atoms with Crippen LogP contribution in [0.25, 0.3) is 0 Å². The maximum Gasteiger partial charge on any atom is 0.241 e. The molecule has 0 aromatic heterocycles. The number of sulfonamides is 1. The first-order chi connectivity index (χ1) is 11.4. The van der Waals surface area contributed by atoms with Crippen LogP contribution in [0.3, 0.4) is 0 Å². The summed E-state index contributed by atoms with van der Waals surface area (Å²) in [6.07, 6.45) is 2.35. The molecule has 1 aromatic carbocycles. The molecule has 0 radical (unpaired) electrons. The molecule has 1 saturated carbocycles. The predicted molar refractivity (Wildman–Crippen MR) is 92.3 cm³/mol. The van der Waals surface area contributed by atoms with Crippen LogP contribution in [0.2, 0.25) is 0 Å². The minimum Gasteiger partial charge on any atom is -0.309 e. The first-order valence-electron chi connectivity index (χ1n) is 8.48. The van der Waals surface area contributed by atoms with Gasteiger partial charge in [-0.2, -0.15) is 4.31 Å². The molecule has 2 saturated heterocycles. The van der Waals surface area contributed by atoms with E-state index in [0.29, 0.717) is 26.2 Å². The largest absolute Gasteiger partial charge is 0.309 e. The van der Waals surface area contributed by atoms with E-state index in [0.717, 1.165) is 24.9 Å². The molecule has 6 nitrogen and oxygen atoms in total. The quantitative estimate of drug-likeness (QED) is 0.814. The molecule has 1 aromatic rings. The van der Waals surface area contributed by atoms with E-state index in [2.05, 4.69) is 4.90 Å².